The summed E-state index contributed by atoms with van der Waals surface area (Å²) in [6.45, 7) is 4.56. The van der Waals surface area contributed by atoms with Crippen LogP contribution in [-0.4, -0.2) is 66.5 Å². The molecule has 0 aliphatic heterocycles. The zero-order valence-electron chi connectivity index (χ0n) is 54.4. The summed E-state index contributed by atoms with van der Waals surface area (Å²) in [5.41, 5.74) is 0. The second-order valence-electron chi connectivity index (χ2n) is 23.3. The van der Waals surface area contributed by atoms with Gasteiger partial charge in [-0.2, -0.15) is 0 Å². The van der Waals surface area contributed by atoms with Crippen molar-refractivity contribution >= 4 is 25.7 Å². The molecule has 0 rings (SSSR count). The van der Waals surface area contributed by atoms with Crippen molar-refractivity contribution in [3.05, 3.63) is 72.9 Å². The van der Waals surface area contributed by atoms with E-state index in [2.05, 4.69) is 93.7 Å². The number of hydrogen-bond acceptors (Lipinski definition) is 10. The molecule has 0 amide bonds. The Morgan fingerprint density at radius 3 is 0.976 bits per heavy atom. The molecule has 0 radical (unpaired) electrons. The van der Waals surface area contributed by atoms with Gasteiger partial charge in [-0.3, -0.25) is 23.4 Å². The van der Waals surface area contributed by atoms with E-state index in [9.17, 15) is 28.9 Å². The van der Waals surface area contributed by atoms with Gasteiger partial charge in [0.2, 0.25) is 0 Å². The van der Waals surface area contributed by atoms with Crippen LogP contribution in [0.4, 0.5) is 0 Å². The lowest BCUT2D eigenvalue weighted by molar-refractivity contribution is -0.161. The van der Waals surface area contributed by atoms with Crippen molar-refractivity contribution in [1.29, 1.82) is 0 Å². The molecule has 0 saturated carbocycles. The first kappa shape index (κ1) is 80.9. The van der Waals surface area contributed by atoms with Gasteiger partial charge in [0.25, 0.3) is 0 Å². The smallest absolute Gasteiger partial charge is 0.462 e. The maximum Gasteiger partial charge on any atom is 0.472 e. The summed E-state index contributed by atoms with van der Waals surface area (Å²) in [6, 6.07) is 0. The highest BCUT2D eigenvalue weighted by Gasteiger charge is 2.28. The predicted octanol–water partition coefficient (Wildman–Crippen LogP) is 21.6. The van der Waals surface area contributed by atoms with Crippen LogP contribution in [0.1, 0.15) is 329 Å². The molecule has 0 aromatic rings. The number of unbranched alkanes of at least 4 members (excludes halogenated alkanes) is 36. The minimum absolute atomic E-state index is 0.128. The summed E-state index contributed by atoms with van der Waals surface area (Å²) < 4.78 is 39.8. The van der Waals surface area contributed by atoms with Gasteiger partial charge in [-0.25, -0.2) is 4.57 Å². The number of aliphatic hydroxyl groups excluding tert-OH is 1. The van der Waals surface area contributed by atoms with Crippen LogP contribution in [0.3, 0.4) is 0 Å². The van der Waals surface area contributed by atoms with Crippen molar-refractivity contribution in [2.24, 2.45) is 0 Å². The van der Waals surface area contributed by atoms with E-state index < -0.39 is 57.8 Å². The van der Waals surface area contributed by atoms with E-state index in [1.165, 1.54) is 180 Å². The number of phosphoric ester groups is 1. The molecule has 12 heteroatoms. The van der Waals surface area contributed by atoms with Crippen LogP contribution in [0.25, 0.3) is 0 Å². The minimum Gasteiger partial charge on any atom is -0.462 e. The predicted molar refractivity (Wildman–Crippen MR) is 353 cm³/mol. The first-order chi connectivity index (χ1) is 41.2. The Morgan fingerprint density at radius 1 is 0.345 bits per heavy atom. The second-order valence-corrected chi connectivity index (χ2v) is 24.8. The Labute approximate surface area is 516 Å². The van der Waals surface area contributed by atoms with E-state index >= 15 is 0 Å². The number of allylic oxidation sites excluding steroid dienone is 12. The summed E-state index contributed by atoms with van der Waals surface area (Å²) in [6.07, 6.45) is 77.1. The third-order valence-corrected chi connectivity index (χ3v) is 16.1. The van der Waals surface area contributed by atoms with E-state index in [0.29, 0.717) is 19.3 Å². The number of carbonyl (C=O) groups is 3. The standard InChI is InChI=1S/C72H129O11P/c1-4-7-10-13-16-19-22-25-28-31-34-37-40-43-46-49-52-55-58-61-70(74)79-65-69(83-72(76)63-60-57-54-51-48-45-42-39-36-33-30-27-24-21-18-15-12-9-6-3)67-81-84(77,78)80-66-68(64-73)82-71(75)62-59-56-53-50-47-44-41-38-35-32-29-26-23-20-17-14-11-8-5-2/h9,12,18,21,25,27-28,30,36,39,45,48,68-69,73H,4-8,10-11,13-17,19-20,22-24,26,29,31-35,37-38,40-44,46-47,49-67H2,1-3H3,(H,77,78)/b12-9-,21-18-,28-25-,30-27-,39-36-,48-45-. The van der Waals surface area contributed by atoms with Crippen LogP contribution < -0.4 is 0 Å². The molecule has 2 N–H and O–H groups in total. The zero-order chi connectivity index (χ0) is 61.2. The molecule has 0 aromatic heterocycles. The van der Waals surface area contributed by atoms with Gasteiger partial charge in [0, 0.05) is 19.3 Å². The number of hydrogen-bond donors (Lipinski definition) is 2. The number of phosphoric acid groups is 1. The number of rotatable bonds is 65. The van der Waals surface area contributed by atoms with Gasteiger partial charge < -0.3 is 24.2 Å². The van der Waals surface area contributed by atoms with Gasteiger partial charge in [0.1, 0.15) is 12.7 Å². The molecule has 0 heterocycles. The lowest BCUT2D eigenvalue weighted by Gasteiger charge is -2.21. The average Bonchev–Trinajstić information content (AvgIpc) is 3.53. The van der Waals surface area contributed by atoms with Crippen LogP contribution in [-0.2, 0) is 42.2 Å². The zero-order valence-corrected chi connectivity index (χ0v) is 55.3. The van der Waals surface area contributed by atoms with Gasteiger partial charge in [0.15, 0.2) is 6.10 Å². The molecule has 3 atom stereocenters. The Balaban J connectivity index is 4.70. The molecule has 0 saturated heterocycles. The second kappa shape index (κ2) is 65.9. The van der Waals surface area contributed by atoms with E-state index in [1.54, 1.807) is 0 Å². The fraction of sp³-hybridized carbons (Fsp3) is 0.792. The quantitative estimate of drug-likeness (QED) is 0.0197. The van der Waals surface area contributed by atoms with Crippen molar-refractivity contribution in [2.45, 2.75) is 341 Å². The molecular weight excluding hydrogens is 1070 g/mol. The molecule has 11 nitrogen and oxygen atoms in total. The fourth-order valence-electron chi connectivity index (χ4n) is 9.85. The van der Waals surface area contributed by atoms with Crippen molar-refractivity contribution < 1.29 is 52.2 Å². The fourth-order valence-corrected chi connectivity index (χ4v) is 10.6. The maximum absolute atomic E-state index is 13.0. The molecule has 0 aliphatic carbocycles. The number of aliphatic hydroxyl groups is 1. The average molecular weight is 1200 g/mol. The van der Waals surface area contributed by atoms with Crippen LogP contribution in [0.5, 0.6) is 0 Å². The summed E-state index contributed by atoms with van der Waals surface area (Å²) in [5, 5.41) is 9.88. The minimum atomic E-state index is -4.77. The normalized spacial score (nSPS) is 13.6. The van der Waals surface area contributed by atoms with E-state index in [-0.39, 0.29) is 25.9 Å². The van der Waals surface area contributed by atoms with Crippen molar-refractivity contribution in [3.63, 3.8) is 0 Å². The molecule has 0 spiro atoms. The lowest BCUT2D eigenvalue weighted by Crippen LogP contribution is -2.30. The van der Waals surface area contributed by atoms with Crippen molar-refractivity contribution in [3.8, 4) is 0 Å². The highest BCUT2D eigenvalue weighted by atomic mass is 31.2. The molecule has 0 aromatic carbocycles. The Kier molecular flexibility index (Phi) is 63.5. The highest BCUT2D eigenvalue weighted by molar-refractivity contribution is 7.47. The third-order valence-electron chi connectivity index (χ3n) is 15.1. The maximum atomic E-state index is 13.0. The van der Waals surface area contributed by atoms with Crippen LogP contribution in [0.15, 0.2) is 72.9 Å². The first-order valence-electron chi connectivity index (χ1n) is 34.8. The largest absolute Gasteiger partial charge is 0.472 e. The topological polar surface area (TPSA) is 155 Å². The SMILES string of the molecule is CC/C=C\C/C=C\C/C=C\C/C=C\C/C=C\CCCCCC(=O)OC(COC(=O)CCCCCCCCCCC/C=C\CCCCCCCC)COP(=O)(O)OCC(CO)OC(=O)CCCCCCCCCCCCCCCCCCCCC. The molecule has 84 heavy (non-hydrogen) atoms. The van der Waals surface area contributed by atoms with Gasteiger partial charge in [0.05, 0.1) is 19.8 Å². The van der Waals surface area contributed by atoms with Gasteiger partial charge in [-0.1, -0.05) is 293 Å². The van der Waals surface area contributed by atoms with E-state index in [0.717, 1.165) is 89.9 Å². The number of carbonyl (C=O) groups excluding carboxylic acids is 3. The summed E-state index contributed by atoms with van der Waals surface area (Å²) in [5.74, 6) is -1.49. The van der Waals surface area contributed by atoms with Crippen molar-refractivity contribution in [1.82, 2.24) is 0 Å². The van der Waals surface area contributed by atoms with Gasteiger partial charge >= 0.3 is 25.7 Å². The van der Waals surface area contributed by atoms with E-state index in [1.807, 2.05) is 0 Å². The van der Waals surface area contributed by atoms with Gasteiger partial charge in [-0.05, 0) is 89.9 Å². The van der Waals surface area contributed by atoms with Crippen LogP contribution in [0, 0.1) is 0 Å². The molecule has 3 unspecified atom stereocenters. The molecule has 488 valence electrons. The first-order valence-corrected chi connectivity index (χ1v) is 36.3. The highest BCUT2D eigenvalue weighted by Crippen LogP contribution is 2.43. The molecule has 0 fully saturated rings. The third kappa shape index (κ3) is 63.4. The molecular formula is C72H129O11P. The molecule has 0 bridgehead atoms. The Morgan fingerprint density at radius 2 is 0.619 bits per heavy atom. The number of ether oxygens (including phenoxy) is 3. The lowest BCUT2D eigenvalue weighted by atomic mass is 10.0. The Bertz CT molecular complexity index is 1690. The summed E-state index contributed by atoms with van der Waals surface area (Å²) >= 11 is 0. The number of esters is 3. The van der Waals surface area contributed by atoms with E-state index in [4.69, 9.17) is 23.3 Å². The Hall–Kier alpha value is -3.08. The van der Waals surface area contributed by atoms with Gasteiger partial charge in [-0.15, -0.1) is 0 Å². The molecule has 0 aliphatic rings. The van der Waals surface area contributed by atoms with Crippen LogP contribution in [0.2, 0.25) is 0 Å². The summed E-state index contributed by atoms with van der Waals surface area (Å²) in [7, 11) is -4.77. The monoisotopic (exact) mass is 1200 g/mol. The summed E-state index contributed by atoms with van der Waals surface area (Å²) in [4.78, 5) is 48.9. The van der Waals surface area contributed by atoms with Crippen LogP contribution >= 0.6 is 7.82 Å². The van der Waals surface area contributed by atoms with Crippen molar-refractivity contribution in [2.75, 3.05) is 26.4 Å².